The van der Waals surface area contributed by atoms with E-state index in [0.717, 1.165) is 30.2 Å². The lowest BCUT2D eigenvalue weighted by molar-refractivity contribution is 0.524. The normalized spacial score (nSPS) is 12.9. The highest BCUT2D eigenvalue weighted by Crippen LogP contribution is 2.17. The Morgan fingerprint density at radius 1 is 1.29 bits per heavy atom. The van der Waals surface area contributed by atoms with Crippen molar-refractivity contribution >= 4 is 22.2 Å². The number of rotatable bonds is 6. The summed E-state index contributed by atoms with van der Waals surface area (Å²) in [5.41, 5.74) is 2.48. The lowest BCUT2D eigenvalue weighted by Gasteiger charge is -2.12. The molecule has 3 rings (SSSR count). The summed E-state index contributed by atoms with van der Waals surface area (Å²) in [5, 5.41) is 8.15. The zero-order valence-corrected chi connectivity index (χ0v) is 13.4. The van der Waals surface area contributed by atoms with Gasteiger partial charge in [-0.2, -0.15) is 0 Å². The Hall–Kier alpha value is -1.65. The van der Waals surface area contributed by atoms with Gasteiger partial charge in [0.15, 0.2) is 0 Å². The molecular weight excluding hydrogens is 278 g/mol. The summed E-state index contributed by atoms with van der Waals surface area (Å²) >= 11 is 1.72. The highest BCUT2D eigenvalue weighted by atomic mass is 32.1. The molecule has 2 heterocycles. The fourth-order valence-electron chi connectivity index (χ4n) is 2.59. The predicted molar refractivity (Wildman–Crippen MR) is 89.8 cm³/mol. The summed E-state index contributed by atoms with van der Waals surface area (Å²) in [5.74, 6) is 0. The van der Waals surface area contributed by atoms with Gasteiger partial charge in [0.1, 0.15) is 0 Å². The minimum atomic E-state index is 0.330. The van der Waals surface area contributed by atoms with Crippen LogP contribution in [0, 0.1) is 6.92 Å². The highest BCUT2D eigenvalue weighted by Gasteiger charge is 2.07. The number of hydrogen-bond donors (Lipinski definition) is 1. The van der Waals surface area contributed by atoms with Crippen molar-refractivity contribution < 1.29 is 0 Å². The molecule has 110 valence electrons. The highest BCUT2D eigenvalue weighted by molar-refractivity contribution is 7.09. The number of hydrogen-bond acceptors (Lipinski definition) is 3. The molecule has 0 amide bonds. The molecule has 4 heteroatoms. The number of nitrogens with one attached hydrogen (secondary N) is 1. The van der Waals surface area contributed by atoms with E-state index in [1.54, 1.807) is 11.3 Å². The number of fused-ring (bicyclic) bond motifs is 1. The third-order valence-corrected chi connectivity index (χ3v) is 4.58. The molecule has 0 saturated carbocycles. The maximum atomic E-state index is 4.53. The molecule has 0 aliphatic rings. The molecule has 1 aromatic carbocycles. The van der Waals surface area contributed by atoms with Crippen LogP contribution in [0.25, 0.3) is 10.9 Å². The molecule has 2 aromatic heterocycles. The molecule has 0 aliphatic carbocycles. The lowest BCUT2D eigenvalue weighted by atomic mass is 10.2. The SMILES string of the molecule is Cc1nc(C(C)NCCCn2ccc3ccccc32)cs1. The lowest BCUT2D eigenvalue weighted by Crippen LogP contribution is -2.21. The third-order valence-electron chi connectivity index (χ3n) is 3.79. The molecule has 0 radical (unpaired) electrons. The average Bonchev–Trinajstić information content (AvgIpc) is 3.10. The fraction of sp³-hybridized carbons (Fsp3) is 0.353. The quantitative estimate of drug-likeness (QED) is 0.693. The number of nitrogens with zero attached hydrogens (tertiary/aromatic N) is 2. The first-order valence-corrected chi connectivity index (χ1v) is 8.31. The van der Waals surface area contributed by atoms with E-state index in [1.807, 2.05) is 0 Å². The maximum absolute atomic E-state index is 4.53. The van der Waals surface area contributed by atoms with Crippen LogP contribution in [0.5, 0.6) is 0 Å². The molecule has 0 bridgehead atoms. The van der Waals surface area contributed by atoms with Gasteiger partial charge in [-0.05, 0) is 44.3 Å². The molecule has 0 aliphatic heterocycles. The van der Waals surface area contributed by atoms with Gasteiger partial charge in [0, 0.05) is 29.7 Å². The monoisotopic (exact) mass is 299 g/mol. The molecular formula is C17H21N3S. The van der Waals surface area contributed by atoms with Gasteiger partial charge in [-0.1, -0.05) is 18.2 Å². The Bertz CT molecular complexity index is 713. The molecule has 3 nitrogen and oxygen atoms in total. The second-order valence-electron chi connectivity index (χ2n) is 5.39. The van der Waals surface area contributed by atoms with Gasteiger partial charge in [-0.25, -0.2) is 4.98 Å². The van der Waals surface area contributed by atoms with E-state index in [9.17, 15) is 0 Å². The number of thiazole rings is 1. The van der Waals surface area contributed by atoms with Crippen molar-refractivity contribution in [2.24, 2.45) is 0 Å². The van der Waals surface area contributed by atoms with Crippen LogP contribution in [0.2, 0.25) is 0 Å². The predicted octanol–water partition coefficient (Wildman–Crippen LogP) is 4.15. The van der Waals surface area contributed by atoms with E-state index < -0.39 is 0 Å². The Labute approximate surface area is 129 Å². The standard InChI is InChI=1S/C17H21N3S/c1-13(16-12-21-14(2)19-16)18-9-5-10-20-11-8-15-6-3-4-7-17(15)20/h3-4,6-8,11-13,18H,5,9-10H2,1-2H3. The van der Waals surface area contributed by atoms with Gasteiger partial charge in [-0.15, -0.1) is 11.3 Å². The van der Waals surface area contributed by atoms with Crippen molar-refractivity contribution in [3.63, 3.8) is 0 Å². The number of benzene rings is 1. The van der Waals surface area contributed by atoms with Crippen LogP contribution in [0.4, 0.5) is 0 Å². The zero-order valence-electron chi connectivity index (χ0n) is 12.5. The van der Waals surface area contributed by atoms with E-state index in [4.69, 9.17) is 0 Å². The Kier molecular flexibility index (Phi) is 4.36. The van der Waals surface area contributed by atoms with Crippen LogP contribution in [0.3, 0.4) is 0 Å². The van der Waals surface area contributed by atoms with Crippen molar-refractivity contribution in [1.29, 1.82) is 0 Å². The largest absolute Gasteiger partial charge is 0.347 e. The van der Waals surface area contributed by atoms with E-state index in [1.165, 1.54) is 10.9 Å². The van der Waals surface area contributed by atoms with Crippen LogP contribution in [0.1, 0.15) is 30.1 Å². The van der Waals surface area contributed by atoms with Gasteiger partial charge in [0.05, 0.1) is 10.7 Å². The Balaban J connectivity index is 1.50. The van der Waals surface area contributed by atoms with E-state index >= 15 is 0 Å². The first kappa shape index (κ1) is 14.3. The maximum Gasteiger partial charge on any atom is 0.0898 e. The molecule has 3 aromatic rings. The molecule has 1 N–H and O–H groups in total. The van der Waals surface area contributed by atoms with Crippen LogP contribution >= 0.6 is 11.3 Å². The summed E-state index contributed by atoms with van der Waals surface area (Å²) in [7, 11) is 0. The summed E-state index contributed by atoms with van der Waals surface area (Å²) in [6.45, 7) is 6.28. The summed E-state index contributed by atoms with van der Waals surface area (Å²) in [6, 6.07) is 11.1. The smallest absolute Gasteiger partial charge is 0.0898 e. The Morgan fingerprint density at radius 3 is 2.95 bits per heavy atom. The molecule has 0 spiro atoms. The summed E-state index contributed by atoms with van der Waals surface area (Å²) in [6.07, 6.45) is 3.30. The van der Waals surface area contributed by atoms with Crippen LogP contribution in [-0.4, -0.2) is 16.1 Å². The second-order valence-corrected chi connectivity index (χ2v) is 6.45. The molecule has 1 unspecified atom stereocenters. The van der Waals surface area contributed by atoms with Crippen molar-refractivity contribution in [2.75, 3.05) is 6.54 Å². The average molecular weight is 299 g/mol. The van der Waals surface area contributed by atoms with E-state index in [2.05, 4.69) is 70.6 Å². The number of aromatic nitrogens is 2. The van der Waals surface area contributed by atoms with Crippen molar-refractivity contribution in [1.82, 2.24) is 14.9 Å². The van der Waals surface area contributed by atoms with Crippen LogP contribution in [0.15, 0.2) is 41.9 Å². The summed E-state index contributed by atoms with van der Waals surface area (Å²) in [4.78, 5) is 4.53. The fourth-order valence-corrected chi connectivity index (χ4v) is 3.29. The molecule has 21 heavy (non-hydrogen) atoms. The van der Waals surface area contributed by atoms with Gasteiger partial charge < -0.3 is 9.88 Å². The van der Waals surface area contributed by atoms with E-state index in [0.29, 0.717) is 6.04 Å². The van der Waals surface area contributed by atoms with Gasteiger partial charge in [0.2, 0.25) is 0 Å². The van der Waals surface area contributed by atoms with Crippen molar-refractivity contribution in [2.45, 2.75) is 32.9 Å². The Morgan fingerprint density at radius 2 is 2.14 bits per heavy atom. The first-order chi connectivity index (χ1) is 10.2. The molecule has 0 saturated heterocycles. The van der Waals surface area contributed by atoms with E-state index in [-0.39, 0.29) is 0 Å². The van der Waals surface area contributed by atoms with Crippen LogP contribution < -0.4 is 5.32 Å². The van der Waals surface area contributed by atoms with Gasteiger partial charge >= 0.3 is 0 Å². The van der Waals surface area contributed by atoms with Gasteiger partial charge in [0.25, 0.3) is 0 Å². The van der Waals surface area contributed by atoms with Crippen molar-refractivity contribution in [3.8, 4) is 0 Å². The number of aryl methyl sites for hydroxylation is 2. The summed E-state index contributed by atoms with van der Waals surface area (Å²) < 4.78 is 2.33. The topological polar surface area (TPSA) is 29.9 Å². The zero-order chi connectivity index (χ0) is 14.7. The molecule has 1 atom stereocenters. The van der Waals surface area contributed by atoms with Crippen LogP contribution in [-0.2, 0) is 6.54 Å². The van der Waals surface area contributed by atoms with Gasteiger partial charge in [-0.3, -0.25) is 0 Å². The first-order valence-electron chi connectivity index (χ1n) is 7.43. The molecule has 0 fully saturated rings. The minimum absolute atomic E-state index is 0.330. The number of para-hydroxylation sites is 1. The minimum Gasteiger partial charge on any atom is -0.347 e. The second kappa shape index (κ2) is 6.41. The van der Waals surface area contributed by atoms with Crippen molar-refractivity contribution in [3.05, 3.63) is 52.6 Å². The third kappa shape index (κ3) is 3.34.